The standard InChI is InChI=1S/C9H7F3N2S/c10-9(11,12)3-5-4-15-8-6(13)1-2-14-7(5)8/h1-2,4H,3H2,(H2,13,14). The maximum atomic E-state index is 12.2. The molecule has 2 aromatic rings. The molecule has 6 heteroatoms. The molecule has 0 aromatic carbocycles. The van der Waals surface area contributed by atoms with Crippen LogP contribution in [0.3, 0.4) is 0 Å². The van der Waals surface area contributed by atoms with Crippen LogP contribution in [0.4, 0.5) is 18.9 Å². The topological polar surface area (TPSA) is 38.9 Å². The molecule has 0 bridgehead atoms. The van der Waals surface area contributed by atoms with Gasteiger partial charge in [0.05, 0.1) is 22.3 Å². The maximum Gasteiger partial charge on any atom is 0.393 e. The number of halogens is 3. The summed E-state index contributed by atoms with van der Waals surface area (Å²) >= 11 is 1.19. The van der Waals surface area contributed by atoms with Gasteiger partial charge in [0.2, 0.25) is 0 Å². The molecular weight excluding hydrogens is 225 g/mol. The first-order valence-corrected chi connectivity index (χ1v) is 5.02. The summed E-state index contributed by atoms with van der Waals surface area (Å²) in [6, 6.07) is 1.58. The number of hydrogen-bond acceptors (Lipinski definition) is 3. The molecule has 0 saturated heterocycles. The first kappa shape index (κ1) is 10.2. The van der Waals surface area contributed by atoms with E-state index in [9.17, 15) is 13.2 Å². The second-order valence-electron chi connectivity index (χ2n) is 3.13. The van der Waals surface area contributed by atoms with E-state index in [0.717, 1.165) is 0 Å². The molecule has 0 spiro atoms. The van der Waals surface area contributed by atoms with E-state index in [4.69, 9.17) is 5.73 Å². The van der Waals surface area contributed by atoms with Gasteiger partial charge in [-0.15, -0.1) is 11.3 Å². The minimum absolute atomic E-state index is 0.190. The number of aromatic nitrogens is 1. The fourth-order valence-corrected chi connectivity index (χ4v) is 2.30. The Kier molecular flexibility index (Phi) is 2.30. The first-order chi connectivity index (χ1) is 6.97. The molecule has 0 amide bonds. The van der Waals surface area contributed by atoms with Gasteiger partial charge in [-0.1, -0.05) is 0 Å². The smallest absolute Gasteiger partial charge is 0.393 e. The van der Waals surface area contributed by atoms with Crippen molar-refractivity contribution in [3.8, 4) is 0 Å². The summed E-state index contributed by atoms with van der Waals surface area (Å²) < 4.78 is 37.2. The van der Waals surface area contributed by atoms with Gasteiger partial charge in [-0.2, -0.15) is 13.2 Å². The largest absolute Gasteiger partial charge is 0.397 e. The van der Waals surface area contributed by atoms with E-state index in [0.29, 0.717) is 15.9 Å². The van der Waals surface area contributed by atoms with Crippen LogP contribution in [-0.4, -0.2) is 11.2 Å². The van der Waals surface area contributed by atoms with Crippen LogP contribution in [0.1, 0.15) is 5.56 Å². The average molecular weight is 232 g/mol. The lowest BCUT2D eigenvalue weighted by Crippen LogP contribution is -2.11. The summed E-state index contributed by atoms with van der Waals surface area (Å²) in [4.78, 5) is 3.92. The van der Waals surface area contributed by atoms with Crippen molar-refractivity contribution >= 4 is 27.2 Å². The monoisotopic (exact) mass is 232 g/mol. The summed E-state index contributed by atoms with van der Waals surface area (Å²) in [5.41, 5.74) is 6.64. The summed E-state index contributed by atoms with van der Waals surface area (Å²) in [5, 5.41) is 1.46. The number of nitrogens with two attached hydrogens (primary N) is 1. The molecule has 0 aliphatic heterocycles. The molecule has 0 radical (unpaired) electrons. The van der Waals surface area contributed by atoms with E-state index < -0.39 is 12.6 Å². The van der Waals surface area contributed by atoms with Gasteiger partial charge in [-0.3, -0.25) is 4.98 Å². The molecule has 0 unspecified atom stereocenters. The van der Waals surface area contributed by atoms with Crippen LogP contribution in [0.2, 0.25) is 0 Å². The van der Waals surface area contributed by atoms with Crippen LogP contribution < -0.4 is 5.73 Å². The molecule has 0 aliphatic carbocycles. The van der Waals surface area contributed by atoms with Crippen molar-refractivity contribution in [1.29, 1.82) is 0 Å². The van der Waals surface area contributed by atoms with Crippen LogP contribution in [0, 0.1) is 0 Å². The second-order valence-corrected chi connectivity index (χ2v) is 4.01. The number of anilines is 1. The van der Waals surface area contributed by atoms with Gasteiger partial charge in [0.1, 0.15) is 0 Å². The van der Waals surface area contributed by atoms with E-state index in [1.807, 2.05) is 0 Å². The fourth-order valence-electron chi connectivity index (χ4n) is 1.34. The lowest BCUT2D eigenvalue weighted by Gasteiger charge is -2.04. The average Bonchev–Trinajstić information content (AvgIpc) is 2.48. The molecule has 0 aliphatic rings. The van der Waals surface area contributed by atoms with Gasteiger partial charge in [-0.25, -0.2) is 0 Å². The maximum absolute atomic E-state index is 12.2. The van der Waals surface area contributed by atoms with Crippen molar-refractivity contribution in [2.75, 3.05) is 5.73 Å². The molecule has 2 nitrogen and oxygen atoms in total. The van der Waals surface area contributed by atoms with Crippen LogP contribution in [0.5, 0.6) is 0 Å². The highest BCUT2D eigenvalue weighted by molar-refractivity contribution is 7.18. The van der Waals surface area contributed by atoms with Crippen molar-refractivity contribution in [1.82, 2.24) is 4.98 Å². The third-order valence-corrected chi connectivity index (χ3v) is 3.02. The highest BCUT2D eigenvalue weighted by Gasteiger charge is 2.29. The number of hydrogen-bond donors (Lipinski definition) is 1. The number of pyridine rings is 1. The zero-order chi connectivity index (χ0) is 11.1. The number of nitrogens with zero attached hydrogens (tertiary/aromatic N) is 1. The molecule has 0 saturated carbocycles. The quantitative estimate of drug-likeness (QED) is 0.820. The number of fused-ring (bicyclic) bond motifs is 1. The second kappa shape index (κ2) is 3.37. The Balaban J connectivity index is 2.50. The summed E-state index contributed by atoms with van der Waals surface area (Å²) in [6.45, 7) is 0. The first-order valence-electron chi connectivity index (χ1n) is 4.15. The summed E-state index contributed by atoms with van der Waals surface area (Å²) in [6.07, 6.45) is -3.74. The number of alkyl halides is 3. The minimum atomic E-state index is -4.21. The summed E-state index contributed by atoms with van der Waals surface area (Å²) in [5.74, 6) is 0. The zero-order valence-electron chi connectivity index (χ0n) is 7.51. The van der Waals surface area contributed by atoms with E-state index in [1.165, 1.54) is 22.9 Å². The third kappa shape index (κ3) is 2.04. The van der Waals surface area contributed by atoms with Crippen molar-refractivity contribution in [3.05, 3.63) is 23.2 Å². The molecule has 0 atom stereocenters. The van der Waals surface area contributed by atoms with E-state index >= 15 is 0 Å². The molecule has 2 aromatic heterocycles. The van der Waals surface area contributed by atoms with Crippen LogP contribution in [-0.2, 0) is 6.42 Å². The van der Waals surface area contributed by atoms with Crippen LogP contribution >= 0.6 is 11.3 Å². The number of nitrogen functional groups attached to an aromatic ring is 1. The van der Waals surface area contributed by atoms with Gasteiger partial charge in [-0.05, 0) is 17.0 Å². The lowest BCUT2D eigenvalue weighted by molar-refractivity contribution is -0.126. The Bertz CT molecular complexity index is 490. The molecule has 0 fully saturated rings. The molecule has 15 heavy (non-hydrogen) atoms. The van der Waals surface area contributed by atoms with Crippen molar-refractivity contribution in [2.45, 2.75) is 12.6 Å². The van der Waals surface area contributed by atoms with E-state index in [2.05, 4.69) is 4.98 Å². The van der Waals surface area contributed by atoms with Gasteiger partial charge in [0.25, 0.3) is 0 Å². The van der Waals surface area contributed by atoms with E-state index in [1.54, 1.807) is 6.07 Å². The number of rotatable bonds is 1. The molecule has 80 valence electrons. The van der Waals surface area contributed by atoms with Crippen molar-refractivity contribution < 1.29 is 13.2 Å². The summed E-state index contributed by atoms with van der Waals surface area (Å²) in [7, 11) is 0. The zero-order valence-corrected chi connectivity index (χ0v) is 8.32. The van der Waals surface area contributed by atoms with Gasteiger partial charge >= 0.3 is 6.18 Å². The van der Waals surface area contributed by atoms with Gasteiger partial charge < -0.3 is 5.73 Å². The van der Waals surface area contributed by atoms with E-state index in [-0.39, 0.29) is 5.56 Å². The lowest BCUT2D eigenvalue weighted by atomic mass is 10.2. The Hall–Kier alpha value is -1.30. The Morgan fingerprint density at radius 2 is 2.13 bits per heavy atom. The normalized spacial score (nSPS) is 12.2. The Labute approximate surface area is 87.5 Å². The molecule has 2 heterocycles. The molecule has 2 rings (SSSR count). The molecular formula is C9H7F3N2S. The minimum Gasteiger partial charge on any atom is -0.397 e. The SMILES string of the molecule is Nc1ccnc2c(CC(F)(F)F)csc12. The molecule has 2 N–H and O–H groups in total. The van der Waals surface area contributed by atoms with Crippen LogP contribution in [0.15, 0.2) is 17.6 Å². The predicted octanol–water partition coefficient (Wildman–Crippen LogP) is 2.98. The number of thiophene rings is 1. The Morgan fingerprint density at radius 3 is 2.80 bits per heavy atom. The highest BCUT2D eigenvalue weighted by atomic mass is 32.1. The Morgan fingerprint density at radius 1 is 1.40 bits per heavy atom. The predicted molar refractivity (Wildman–Crippen MR) is 53.8 cm³/mol. The van der Waals surface area contributed by atoms with Crippen LogP contribution in [0.25, 0.3) is 10.2 Å². The van der Waals surface area contributed by atoms with Gasteiger partial charge in [0, 0.05) is 6.20 Å². The third-order valence-electron chi connectivity index (χ3n) is 1.95. The highest BCUT2D eigenvalue weighted by Crippen LogP contribution is 2.32. The van der Waals surface area contributed by atoms with Crippen molar-refractivity contribution in [2.24, 2.45) is 0 Å². The fraction of sp³-hybridized carbons (Fsp3) is 0.222. The van der Waals surface area contributed by atoms with Gasteiger partial charge in [0.15, 0.2) is 0 Å². The van der Waals surface area contributed by atoms with Crippen molar-refractivity contribution in [3.63, 3.8) is 0 Å².